The second-order valence-corrected chi connectivity index (χ2v) is 5.10. The summed E-state index contributed by atoms with van der Waals surface area (Å²) in [6, 6.07) is 4.45. The molecule has 2 rings (SSSR count). The third-order valence-corrected chi connectivity index (χ3v) is 3.53. The van der Waals surface area contributed by atoms with Crippen LogP contribution in [0.15, 0.2) is 18.2 Å². The molecule has 0 aliphatic heterocycles. The molecular weight excluding hydrogens is 236 g/mol. The van der Waals surface area contributed by atoms with E-state index in [-0.39, 0.29) is 17.4 Å². The van der Waals surface area contributed by atoms with Crippen molar-refractivity contribution in [1.82, 2.24) is 0 Å². The summed E-state index contributed by atoms with van der Waals surface area (Å²) in [7, 11) is 0. The second kappa shape index (κ2) is 5.55. The molecule has 0 amide bonds. The highest BCUT2D eigenvalue weighted by molar-refractivity contribution is 5.48. The lowest BCUT2D eigenvalue weighted by Gasteiger charge is -2.27. The average molecular weight is 255 g/mol. The van der Waals surface area contributed by atoms with Gasteiger partial charge in [-0.1, -0.05) is 6.92 Å². The molecule has 100 valence electrons. The van der Waals surface area contributed by atoms with Gasteiger partial charge in [-0.15, -0.1) is 0 Å². The van der Waals surface area contributed by atoms with Gasteiger partial charge in [0.1, 0.15) is 5.75 Å². The number of hydrogen-bond acceptors (Lipinski definition) is 2. The number of anilines is 1. The largest absolute Gasteiger partial charge is 0.490 e. The van der Waals surface area contributed by atoms with Crippen LogP contribution in [0.25, 0.3) is 0 Å². The number of nitrogens with two attached hydrogens (primary N) is 1. The van der Waals surface area contributed by atoms with Crippen molar-refractivity contribution in [2.45, 2.75) is 45.1 Å². The first-order chi connectivity index (χ1) is 8.56. The van der Waals surface area contributed by atoms with Crippen molar-refractivity contribution in [2.24, 2.45) is 5.92 Å². The highest BCUT2D eigenvalue weighted by Gasteiger charge is 2.22. The van der Waals surface area contributed by atoms with Crippen LogP contribution in [0.3, 0.4) is 0 Å². The van der Waals surface area contributed by atoms with Crippen molar-refractivity contribution < 1.29 is 13.5 Å². The molecule has 1 aromatic rings. The summed E-state index contributed by atoms with van der Waals surface area (Å²) in [5.74, 6) is 0.990. The first-order valence-electron chi connectivity index (χ1n) is 6.40. The van der Waals surface area contributed by atoms with Crippen molar-refractivity contribution in [1.29, 1.82) is 0 Å². The van der Waals surface area contributed by atoms with Crippen LogP contribution in [0.2, 0.25) is 0 Å². The molecular formula is C14H19F2NO. The van der Waals surface area contributed by atoms with Crippen LogP contribution in [0.5, 0.6) is 5.75 Å². The molecule has 0 saturated heterocycles. The van der Waals surface area contributed by atoms with Crippen molar-refractivity contribution in [3.05, 3.63) is 23.8 Å². The Balaban J connectivity index is 2.09. The summed E-state index contributed by atoms with van der Waals surface area (Å²) >= 11 is 0. The number of benzene rings is 1. The highest BCUT2D eigenvalue weighted by Crippen LogP contribution is 2.34. The van der Waals surface area contributed by atoms with Crippen LogP contribution in [0, 0.1) is 5.92 Å². The molecule has 1 saturated carbocycles. The first kappa shape index (κ1) is 13.1. The molecule has 2 nitrogen and oxygen atoms in total. The maximum atomic E-state index is 12.9. The lowest BCUT2D eigenvalue weighted by Crippen LogP contribution is -2.23. The van der Waals surface area contributed by atoms with Crippen molar-refractivity contribution in [3.63, 3.8) is 0 Å². The van der Waals surface area contributed by atoms with E-state index < -0.39 is 6.43 Å². The van der Waals surface area contributed by atoms with Gasteiger partial charge >= 0.3 is 0 Å². The molecule has 0 bridgehead atoms. The fourth-order valence-corrected chi connectivity index (χ4v) is 2.37. The van der Waals surface area contributed by atoms with Gasteiger partial charge in [-0.3, -0.25) is 0 Å². The van der Waals surface area contributed by atoms with Gasteiger partial charge in [-0.2, -0.15) is 0 Å². The molecule has 0 heterocycles. The van der Waals surface area contributed by atoms with E-state index in [0.29, 0.717) is 11.6 Å². The van der Waals surface area contributed by atoms with E-state index in [9.17, 15) is 8.78 Å². The lowest BCUT2D eigenvalue weighted by atomic mass is 9.89. The van der Waals surface area contributed by atoms with Gasteiger partial charge in [0.2, 0.25) is 0 Å². The van der Waals surface area contributed by atoms with Crippen LogP contribution in [0.1, 0.15) is 44.6 Å². The van der Waals surface area contributed by atoms with Crippen LogP contribution < -0.4 is 10.5 Å². The van der Waals surface area contributed by atoms with Gasteiger partial charge in [0, 0.05) is 5.69 Å². The van der Waals surface area contributed by atoms with Crippen molar-refractivity contribution in [2.75, 3.05) is 5.73 Å². The predicted molar refractivity (Wildman–Crippen MR) is 67.9 cm³/mol. The average Bonchev–Trinajstić information content (AvgIpc) is 2.34. The summed E-state index contributed by atoms with van der Waals surface area (Å²) in [5, 5.41) is 0. The standard InChI is InChI=1S/C14H19F2NO/c1-9-2-5-11(6-3-9)18-13-7-4-10(17)8-12(13)14(15)16/h4,7-9,11,14H,2-3,5-6,17H2,1H3. The van der Waals surface area contributed by atoms with Gasteiger partial charge in [-0.05, 0) is 49.8 Å². The quantitative estimate of drug-likeness (QED) is 0.823. The van der Waals surface area contributed by atoms with E-state index in [1.165, 1.54) is 6.07 Å². The fraction of sp³-hybridized carbons (Fsp3) is 0.571. The van der Waals surface area contributed by atoms with Gasteiger partial charge in [0.15, 0.2) is 0 Å². The van der Waals surface area contributed by atoms with Crippen molar-refractivity contribution >= 4 is 5.69 Å². The minimum Gasteiger partial charge on any atom is -0.490 e. The summed E-state index contributed by atoms with van der Waals surface area (Å²) < 4.78 is 31.5. The Morgan fingerprint density at radius 2 is 1.89 bits per heavy atom. The molecule has 0 spiro atoms. The Bertz CT molecular complexity index is 401. The Kier molecular flexibility index (Phi) is 4.04. The van der Waals surface area contributed by atoms with E-state index in [0.717, 1.165) is 25.7 Å². The summed E-state index contributed by atoms with van der Waals surface area (Å²) in [6.45, 7) is 2.21. The van der Waals surface area contributed by atoms with E-state index in [1.807, 2.05) is 0 Å². The maximum Gasteiger partial charge on any atom is 0.267 e. The topological polar surface area (TPSA) is 35.2 Å². The summed E-state index contributed by atoms with van der Waals surface area (Å²) in [4.78, 5) is 0. The van der Waals surface area contributed by atoms with Gasteiger partial charge < -0.3 is 10.5 Å². The molecule has 4 heteroatoms. The molecule has 1 fully saturated rings. The van der Waals surface area contributed by atoms with Crippen LogP contribution in [-0.4, -0.2) is 6.10 Å². The van der Waals surface area contributed by atoms with E-state index in [2.05, 4.69) is 6.92 Å². The third kappa shape index (κ3) is 3.12. The molecule has 1 aliphatic carbocycles. The van der Waals surface area contributed by atoms with Crippen LogP contribution in [-0.2, 0) is 0 Å². The molecule has 1 aliphatic rings. The minimum absolute atomic E-state index is 0.0577. The number of nitrogen functional groups attached to an aromatic ring is 1. The molecule has 0 radical (unpaired) electrons. The van der Waals surface area contributed by atoms with Crippen LogP contribution in [0.4, 0.5) is 14.5 Å². The zero-order chi connectivity index (χ0) is 13.1. The lowest BCUT2D eigenvalue weighted by molar-refractivity contribution is 0.115. The van der Waals surface area contributed by atoms with Gasteiger partial charge in [0.05, 0.1) is 11.7 Å². The number of rotatable bonds is 3. The predicted octanol–water partition coefficient (Wildman–Crippen LogP) is 4.16. The fourth-order valence-electron chi connectivity index (χ4n) is 2.37. The molecule has 2 N–H and O–H groups in total. The number of halogens is 2. The number of alkyl halides is 2. The van der Waals surface area contributed by atoms with Gasteiger partial charge in [-0.25, -0.2) is 8.78 Å². The monoisotopic (exact) mass is 255 g/mol. The number of hydrogen-bond donors (Lipinski definition) is 1. The van der Waals surface area contributed by atoms with E-state index >= 15 is 0 Å². The normalized spacial score (nSPS) is 24.2. The minimum atomic E-state index is -2.55. The SMILES string of the molecule is CC1CCC(Oc2ccc(N)cc2C(F)F)CC1. The van der Waals surface area contributed by atoms with Crippen molar-refractivity contribution in [3.8, 4) is 5.75 Å². The Labute approximate surface area is 106 Å². The maximum absolute atomic E-state index is 12.9. The van der Waals surface area contributed by atoms with E-state index in [4.69, 9.17) is 10.5 Å². The zero-order valence-corrected chi connectivity index (χ0v) is 10.5. The smallest absolute Gasteiger partial charge is 0.267 e. The highest BCUT2D eigenvalue weighted by atomic mass is 19.3. The first-order valence-corrected chi connectivity index (χ1v) is 6.40. The Morgan fingerprint density at radius 1 is 1.22 bits per heavy atom. The number of ether oxygens (including phenoxy) is 1. The zero-order valence-electron chi connectivity index (χ0n) is 10.5. The summed E-state index contributed by atoms with van der Waals surface area (Å²) in [6.07, 6.45) is 1.59. The van der Waals surface area contributed by atoms with Crippen LogP contribution >= 0.6 is 0 Å². The Hall–Kier alpha value is -1.32. The molecule has 1 aromatic carbocycles. The molecule has 0 aromatic heterocycles. The van der Waals surface area contributed by atoms with E-state index in [1.54, 1.807) is 12.1 Å². The summed E-state index contributed by atoms with van der Waals surface area (Å²) in [5.41, 5.74) is 5.77. The molecule has 18 heavy (non-hydrogen) atoms. The molecule has 0 atom stereocenters. The third-order valence-electron chi connectivity index (χ3n) is 3.53. The molecule has 0 unspecified atom stereocenters. The second-order valence-electron chi connectivity index (χ2n) is 5.10. The van der Waals surface area contributed by atoms with Gasteiger partial charge in [0.25, 0.3) is 6.43 Å². The Morgan fingerprint density at radius 3 is 2.50 bits per heavy atom.